The number of hydrogen-bond donors (Lipinski definition) is 0. The van der Waals surface area contributed by atoms with Gasteiger partial charge in [0.05, 0.1) is 0 Å². The summed E-state index contributed by atoms with van der Waals surface area (Å²) in [6.07, 6.45) is 18.1. The van der Waals surface area contributed by atoms with Crippen molar-refractivity contribution >= 4 is 22.9 Å². The Balaban J connectivity index is 0.000000136. The highest BCUT2D eigenvalue weighted by Gasteiger charge is 2.39. The number of fused-ring (bicyclic) bond motifs is 3. The van der Waals surface area contributed by atoms with E-state index in [2.05, 4.69) is 86.5 Å². The van der Waals surface area contributed by atoms with E-state index in [1.54, 1.807) is 0 Å². The minimum absolute atomic E-state index is 0.825. The summed E-state index contributed by atoms with van der Waals surface area (Å²) < 4.78 is 0. The van der Waals surface area contributed by atoms with Crippen LogP contribution in [-0.2, 0) is 0 Å². The van der Waals surface area contributed by atoms with E-state index < -0.39 is 0 Å². The molecule has 0 spiro atoms. The van der Waals surface area contributed by atoms with Crippen LogP contribution in [-0.4, -0.2) is 0 Å². The van der Waals surface area contributed by atoms with E-state index in [9.17, 15) is 0 Å². The van der Waals surface area contributed by atoms with Gasteiger partial charge < -0.3 is 0 Å². The molecule has 5 rings (SSSR count). The average molecular weight is 348 g/mol. The Morgan fingerprint density at radius 1 is 1.11 bits per heavy atom. The number of benzene rings is 2. The molecule has 2 aromatic rings. The second-order valence-corrected chi connectivity index (χ2v) is 7.25. The lowest BCUT2D eigenvalue weighted by Gasteiger charge is -2.09. The van der Waals surface area contributed by atoms with Crippen LogP contribution in [0.2, 0.25) is 0 Å². The number of allylic oxidation sites excluding steroid dienone is 7. The lowest BCUT2D eigenvalue weighted by molar-refractivity contribution is 0.927. The van der Waals surface area contributed by atoms with E-state index in [4.69, 9.17) is 0 Å². The Kier molecular flexibility index (Phi) is 4.67. The fraction of sp³-hybridized carbons (Fsp3) is 0.148. The summed E-state index contributed by atoms with van der Waals surface area (Å²) in [5.41, 5.74) is 9.63. The summed E-state index contributed by atoms with van der Waals surface area (Å²) in [7, 11) is 0. The molecule has 0 amide bonds. The lowest BCUT2D eigenvalue weighted by Crippen LogP contribution is -1.93. The first-order valence-corrected chi connectivity index (χ1v) is 9.51. The minimum Gasteiger partial charge on any atom is -0.120 e. The van der Waals surface area contributed by atoms with Crippen LogP contribution in [0.15, 0.2) is 96.8 Å². The van der Waals surface area contributed by atoms with Crippen molar-refractivity contribution in [3.8, 4) is 0 Å². The minimum atomic E-state index is 0.825. The van der Waals surface area contributed by atoms with Gasteiger partial charge in [0.25, 0.3) is 0 Å². The van der Waals surface area contributed by atoms with Crippen LogP contribution in [0.25, 0.3) is 22.9 Å². The maximum Gasteiger partial charge on any atom is -0.00867 e. The predicted octanol–water partition coefficient (Wildman–Crippen LogP) is 7.20. The Bertz CT molecular complexity index is 1080. The van der Waals surface area contributed by atoms with E-state index in [0.29, 0.717) is 0 Å². The van der Waals surface area contributed by atoms with Crippen LogP contribution in [0.1, 0.15) is 23.1 Å². The molecule has 2 aromatic carbocycles. The molecule has 27 heavy (non-hydrogen) atoms. The van der Waals surface area contributed by atoms with E-state index in [0.717, 1.165) is 17.4 Å². The summed E-state index contributed by atoms with van der Waals surface area (Å²) in [6, 6.07) is 10.6. The van der Waals surface area contributed by atoms with Crippen molar-refractivity contribution in [1.29, 1.82) is 0 Å². The topological polar surface area (TPSA) is 0 Å². The molecule has 0 bridgehead atoms. The first kappa shape index (κ1) is 17.3. The van der Waals surface area contributed by atoms with Crippen molar-refractivity contribution in [2.75, 3.05) is 0 Å². The van der Waals surface area contributed by atoms with Gasteiger partial charge in [-0.15, -0.1) is 5.73 Å². The maximum atomic E-state index is 3.86. The molecule has 0 nitrogen and oxygen atoms in total. The third-order valence-corrected chi connectivity index (χ3v) is 5.62. The van der Waals surface area contributed by atoms with Crippen LogP contribution >= 0.6 is 0 Å². The van der Waals surface area contributed by atoms with Gasteiger partial charge >= 0.3 is 0 Å². The molecule has 132 valence electrons. The zero-order valence-electron chi connectivity index (χ0n) is 15.8. The molecule has 2 unspecified atom stereocenters. The van der Waals surface area contributed by atoms with E-state index in [1.165, 1.54) is 39.5 Å². The third-order valence-electron chi connectivity index (χ3n) is 5.62. The molecule has 0 heteroatoms. The quantitative estimate of drug-likeness (QED) is 0.503. The highest BCUT2D eigenvalue weighted by Crippen LogP contribution is 2.49. The van der Waals surface area contributed by atoms with E-state index in [1.807, 2.05) is 18.2 Å². The fourth-order valence-corrected chi connectivity index (χ4v) is 4.03. The maximum absolute atomic E-state index is 3.86. The van der Waals surface area contributed by atoms with Crippen molar-refractivity contribution in [2.24, 2.45) is 11.8 Å². The predicted molar refractivity (Wildman–Crippen MR) is 118 cm³/mol. The molecule has 0 N–H and O–H groups in total. The fourth-order valence-electron chi connectivity index (χ4n) is 4.03. The Morgan fingerprint density at radius 3 is 2.78 bits per heavy atom. The van der Waals surface area contributed by atoms with Crippen LogP contribution in [0, 0.1) is 18.8 Å². The molecule has 0 aromatic heterocycles. The van der Waals surface area contributed by atoms with Crippen LogP contribution in [0.5, 0.6) is 0 Å². The van der Waals surface area contributed by atoms with Gasteiger partial charge in [0, 0.05) is 0 Å². The molecule has 0 heterocycles. The van der Waals surface area contributed by atoms with Crippen molar-refractivity contribution in [3.63, 3.8) is 0 Å². The zero-order chi connectivity index (χ0) is 18.8. The summed E-state index contributed by atoms with van der Waals surface area (Å²) in [4.78, 5) is 0. The van der Waals surface area contributed by atoms with Crippen molar-refractivity contribution in [2.45, 2.75) is 13.3 Å². The third kappa shape index (κ3) is 3.33. The highest BCUT2D eigenvalue weighted by atomic mass is 14.4. The van der Waals surface area contributed by atoms with Crippen molar-refractivity contribution < 1.29 is 0 Å². The standard InChI is InChI=1S/C15H14.C12H10/c1-4-12-10-13-8-6-7-9-15(13)11(3)14(12)5-2;1-2-4-9-6-7-10-8-12(10)11(9)5-3-1/h4-10H,1-2H2,3H3;1,3-7,10,12H,8H2. The van der Waals surface area contributed by atoms with Gasteiger partial charge in [-0.2, -0.15) is 0 Å². The van der Waals surface area contributed by atoms with Crippen LogP contribution in [0.4, 0.5) is 0 Å². The normalized spacial score (nSPS) is 21.1. The molecule has 0 radical (unpaired) electrons. The summed E-state index contributed by atoms with van der Waals surface area (Å²) in [6.45, 7) is 9.83. The molecule has 2 atom stereocenters. The number of rotatable bonds is 2. The van der Waals surface area contributed by atoms with Gasteiger partial charge in [-0.05, 0) is 82.0 Å². The molecule has 0 aliphatic heterocycles. The summed E-state index contributed by atoms with van der Waals surface area (Å²) in [5, 5.41) is 2.55. The van der Waals surface area contributed by atoms with Gasteiger partial charge in [0.15, 0.2) is 0 Å². The van der Waals surface area contributed by atoms with E-state index in [-0.39, 0.29) is 0 Å². The molecular formula is C27H24. The smallest absolute Gasteiger partial charge is 0.00867 e. The Labute approximate surface area is 161 Å². The molecule has 1 saturated carbocycles. The SMILES string of the molecule is C1=CC=CC2=C(C=1)C=CC1CC21.C=Cc1cc2ccccc2c(C)c1C=C. The first-order chi connectivity index (χ1) is 13.2. The highest BCUT2D eigenvalue weighted by molar-refractivity contribution is 5.91. The molecule has 1 fully saturated rings. The number of hydrogen-bond acceptors (Lipinski definition) is 0. The van der Waals surface area contributed by atoms with Gasteiger partial charge in [0.1, 0.15) is 0 Å². The Morgan fingerprint density at radius 2 is 1.96 bits per heavy atom. The average Bonchev–Trinajstić information content (AvgIpc) is 3.50. The van der Waals surface area contributed by atoms with Gasteiger partial charge in [-0.25, -0.2) is 0 Å². The van der Waals surface area contributed by atoms with Crippen molar-refractivity contribution in [1.82, 2.24) is 0 Å². The molecule has 3 aliphatic carbocycles. The van der Waals surface area contributed by atoms with E-state index >= 15 is 0 Å². The molecule has 3 aliphatic rings. The van der Waals surface area contributed by atoms with Crippen LogP contribution in [0.3, 0.4) is 0 Å². The summed E-state index contributed by atoms with van der Waals surface area (Å²) in [5.74, 6) is 1.67. The largest absolute Gasteiger partial charge is 0.120 e. The molecular weight excluding hydrogens is 324 g/mol. The van der Waals surface area contributed by atoms with Crippen molar-refractivity contribution in [3.05, 3.63) is 114 Å². The number of aryl methyl sites for hydroxylation is 1. The monoisotopic (exact) mass is 348 g/mol. The summed E-state index contributed by atoms with van der Waals surface area (Å²) >= 11 is 0. The van der Waals surface area contributed by atoms with Gasteiger partial charge in [0.2, 0.25) is 0 Å². The zero-order valence-corrected chi connectivity index (χ0v) is 15.8. The second kappa shape index (κ2) is 7.27. The van der Waals surface area contributed by atoms with Crippen LogP contribution < -0.4 is 0 Å². The first-order valence-electron chi connectivity index (χ1n) is 9.51. The molecule has 0 saturated heterocycles. The second-order valence-electron chi connectivity index (χ2n) is 7.25. The Hall–Kier alpha value is -3.08. The van der Waals surface area contributed by atoms with Gasteiger partial charge in [-0.3, -0.25) is 0 Å². The lowest BCUT2D eigenvalue weighted by atomic mass is 9.95. The van der Waals surface area contributed by atoms with Gasteiger partial charge in [-0.1, -0.05) is 73.9 Å².